The molecule has 1 amide bonds. The van der Waals surface area contributed by atoms with E-state index >= 15 is 0 Å². The van der Waals surface area contributed by atoms with E-state index in [9.17, 15) is 14.3 Å². The number of aliphatic hydroxyl groups excluding tert-OH is 1. The van der Waals surface area contributed by atoms with E-state index in [-0.39, 0.29) is 18.3 Å². The van der Waals surface area contributed by atoms with Gasteiger partial charge in [0.15, 0.2) is 5.17 Å². The van der Waals surface area contributed by atoms with Gasteiger partial charge in [-0.3, -0.25) is 14.8 Å². The Labute approximate surface area is 171 Å². The summed E-state index contributed by atoms with van der Waals surface area (Å²) in [5.74, 6) is -0.531. The highest BCUT2D eigenvalue weighted by atomic mass is 32.2. The monoisotopic (exact) mass is 407 g/mol. The number of fused-ring (bicyclic) bond motifs is 1. The van der Waals surface area contributed by atoms with Crippen molar-refractivity contribution < 1.29 is 14.3 Å². The molecule has 1 atom stereocenters. The minimum atomic E-state index is -0.422. The summed E-state index contributed by atoms with van der Waals surface area (Å²) in [4.78, 5) is 21.6. The van der Waals surface area contributed by atoms with E-state index in [1.54, 1.807) is 18.3 Å². The molecule has 0 bridgehead atoms. The van der Waals surface area contributed by atoms with Crippen molar-refractivity contribution in [3.8, 4) is 0 Å². The number of hydrogen-bond donors (Lipinski definition) is 2. The van der Waals surface area contributed by atoms with E-state index in [0.29, 0.717) is 16.5 Å². The smallest absolute Gasteiger partial charge is 0.264 e. The van der Waals surface area contributed by atoms with Gasteiger partial charge in [-0.15, -0.1) is 0 Å². The van der Waals surface area contributed by atoms with E-state index in [4.69, 9.17) is 0 Å². The average Bonchev–Trinajstić information content (AvgIpc) is 3.07. The first-order chi connectivity index (χ1) is 14.1. The number of rotatable bonds is 5. The largest absolute Gasteiger partial charge is 0.394 e. The molecule has 2 heterocycles. The molecule has 2 N–H and O–H groups in total. The zero-order valence-electron chi connectivity index (χ0n) is 15.4. The maximum absolute atomic E-state index is 13.0. The molecule has 0 unspecified atom stereocenters. The lowest BCUT2D eigenvalue weighted by atomic mass is 10.1. The molecule has 0 saturated carbocycles. The Balaban J connectivity index is 1.50. The Morgan fingerprint density at radius 2 is 2.03 bits per heavy atom. The third-order valence-electron chi connectivity index (χ3n) is 4.47. The molecule has 146 valence electrons. The predicted octanol–water partition coefficient (Wildman–Crippen LogP) is 3.54. The number of nitrogens with one attached hydrogen (secondary N) is 1. The van der Waals surface area contributed by atoms with Crippen LogP contribution in [-0.4, -0.2) is 33.8 Å². The van der Waals surface area contributed by atoms with Gasteiger partial charge in [-0.1, -0.05) is 24.3 Å². The number of aromatic nitrogens is 1. The van der Waals surface area contributed by atoms with Gasteiger partial charge < -0.3 is 10.4 Å². The molecular weight excluding hydrogens is 389 g/mol. The van der Waals surface area contributed by atoms with Crippen LogP contribution in [0.2, 0.25) is 0 Å². The number of carbonyl (C=O) groups excluding carboxylic acids is 1. The fourth-order valence-corrected chi connectivity index (χ4v) is 3.93. The Hall–Kier alpha value is -3.03. The number of amides is 1. The summed E-state index contributed by atoms with van der Waals surface area (Å²) >= 11 is 1.24. The second-order valence-electron chi connectivity index (χ2n) is 6.62. The molecule has 1 saturated heterocycles. The number of aliphatic imine (C=N–C) groups is 1. The van der Waals surface area contributed by atoms with E-state index in [2.05, 4.69) is 15.3 Å². The Morgan fingerprint density at radius 3 is 2.83 bits per heavy atom. The second kappa shape index (κ2) is 8.55. The second-order valence-corrected chi connectivity index (χ2v) is 7.65. The Morgan fingerprint density at radius 1 is 1.21 bits per heavy atom. The highest BCUT2D eigenvalue weighted by molar-refractivity contribution is 8.18. The van der Waals surface area contributed by atoms with Gasteiger partial charge in [0.25, 0.3) is 5.91 Å². The quantitative estimate of drug-likeness (QED) is 0.635. The van der Waals surface area contributed by atoms with Crippen LogP contribution < -0.4 is 5.32 Å². The first-order valence-electron chi connectivity index (χ1n) is 9.09. The lowest BCUT2D eigenvalue weighted by Gasteiger charge is -2.10. The summed E-state index contributed by atoms with van der Waals surface area (Å²) in [7, 11) is 0. The van der Waals surface area contributed by atoms with Crippen LogP contribution in [0.1, 0.15) is 11.1 Å². The van der Waals surface area contributed by atoms with Gasteiger partial charge in [0.2, 0.25) is 0 Å². The molecule has 0 radical (unpaired) electrons. The number of nitrogens with zero attached hydrogens (tertiary/aromatic N) is 2. The van der Waals surface area contributed by atoms with Gasteiger partial charge >= 0.3 is 0 Å². The summed E-state index contributed by atoms with van der Waals surface area (Å²) < 4.78 is 13.0. The molecule has 0 aliphatic carbocycles. The van der Waals surface area contributed by atoms with Gasteiger partial charge in [0.05, 0.1) is 23.1 Å². The highest BCUT2D eigenvalue weighted by Gasteiger charge is 2.24. The predicted molar refractivity (Wildman–Crippen MR) is 114 cm³/mol. The van der Waals surface area contributed by atoms with Crippen LogP contribution in [0, 0.1) is 5.82 Å². The molecule has 0 spiro atoms. The Kier molecular flexibility index (Phi) is 5.69. The summed E-state index contributed by atoms with van der Waals surface area (Å²) in [5, 5.41) is 13.8. The van der Waals surface area contributed by atoms with E-state index < -0.39 is 6.04 Å². The van der Waals surface area contributed by atoms with Crippen LogP contribution in [0.25, 0.3) is 17.0 Å². The fraction of sp³-hybridized carbons (Fsp3) is 0.136. The molecule has 4 rings (SSSR count). The highest BCUT2D eigenvalue weighted by Crippen LogP contribution is 2.27. The van der Waals surface area contributed by atoms with E-state index in [1.807, 2.05) is 36.4 Å². The zero-order valence-corrected chi connectivity index (χ0v) is 16.2. The topological polar surface area (TPSA) is 74.6 Å². The van der Waals surface area contributed by atoms with Crippen LogP contribution >= 0.6 is 11.8 Å². The molecule has 29 heavy (non-hydrogen) atoms. The summed E-state index contributed by atoms with van der Waals surface area (Å²) in [6.07, 6.45) is 4.00. The third-order valence-corrected chi connectivity index (χ3v) is 5.39. The summed E-state index contributed by atoms with van der Waals surface area (Å²) in [6, 6.07) is 15.3. The molecule has 1 aliphatic rings. The number of aliphatic hydroxyl groups is 1. The van der Waals surface area contributed by atoms with Crippen molar-refractivity contribution in [2.45, 2.75) is 12.5 Å². The van der Waals surface area contributed by atoms with Crippen LogP contribution in [-0.2, 0) is 11.2 Å². The molecule has 3 aromatic rings. The maximum atomic E-state index is 13.0. The van der Waals surface area contributed by atoms with Gasteiger partial charge in [-0.25, -0.2) is 4.39 Å². The molecule has 1 fully saturated rings. The minimum Gasteiger partial charge on any atom is -0.394 e. The van der Waals surface area contributed by atoms with Crippen LogP contribution in [0.5, 0.6) is 0 Å². The Bertz CT molecular complexity index is 1110. The molecule has 7 heteroatoms. The van der Waals surface area contributed by atoms with Crippen molar-refractivity contribution in [1.29, 1.82) is 0 Å². The van der Waals surface area contributed by atoms with Crippen molar-refractivity contribution in [2.75, 3.05) is 6.61 Å². The third kappa shape index (κ3) is 4.70. The molecule has 2 aromatic carbocycles. The fourth-order valence-electron chi connectivity index (χ4n) is 3.03. The van der Waals surface area contributed by atoms with Crippen molar-refractivity contribution in [3.63, 3.8) is 0 Å². The molecule has 1 aromatic heterocycles. The van der Waals surface area contributed by atoms with Gasteiger partial charge in [0.1, 0.15) is 5.82 Å². The maximum Gasteiger partial charge on any atom is 0.264 e. The van der Waals surface area contributed by atoms with Crippen molar-refractivity contribution in [1.82, 2.24) is 10.3 Å². The van der Waals surface area contributed by atoms with Gasteiger partial charge in [-0.05, 0) is 65.7 Å². The number of benzene rings is 2. The number of carbonyl (C=O) groups is 1. The number of halogens is 1. The number of pyridine rings is 1. The van der Waals surface area contributed by atoms with Crippen molar-refractivity contribution >= 4 is 39.8 Å². The van der Waals surface area contributed by atoms with Crippen LogP contribution in [0.3, 0.4) is 0 Å². The van der Waals surface area contributed by atoms with Crippen LogP contribution in [0.15, 0.2) is 70.7 Å². The molecule has 1 aliphatic heterocycles. The minimum absolute atomic E-state index is 0.173. The normalized spacial score (nSPS) is 17.8. The first-order valence-corrected chi connectivity index (χ1v) is 9.91. The lowest BCUT2D eigenvalue weighted by molar-refractivity contribution is -0.115. The number of thioether (sulfide) groups is 1. The van der Waals surface area contributed by atoms with Crippen molar-refractivity contribution in [2.24, 2.45) is 4.99 Å². The average molecular weight is 407 g/mol. The zero-order chi connectivity index (χ0) is 20.2. The first kappa shape index (κ1) is 19.3. The van der Waals surface area contributed by atoms with Gasteiger partial charge in [-0.2, -0.15) is 0 Å². The van der Waals surface area contributed by atoms with E-state index in [1.165, 1.54) is 23.9 Å². The number of amidine groups is 1. The summed E-state index contributed by atoms with van der Waals surface area (Å²) in [6.45, 7) is -0.173. The molecular formula is C22H18FN3O2S. The standard InChI is InChI=1S/C22H18FN3O2S/c23-17-6-3-14(4-7-17)11-18(13-27)25-22-26-21(28)20(29-22)12-15-5-8-19-16(10-15)2-1-9-24-19/h1-10,12,18,27H,11,13H2,(H,25,26,28)/b20-12-/t18-/m1/s1. The number of hydrogen-bond acceptors (Lipinski definition) is 5. The summed E-state index contributed by atoms with van der Waals surface area (Å²) in [5.41, 5.74) is 2.66. The van der Waals surface area contributed by atoms with E-state index in [0.717, 1.165) is 22.0 Å². The van der Waals surface area contributed by atoms with Crippen LogP contribution in [0.4, 0.5) is 4.39 Å². The molecule has 5 nitrogen and oxygen atoms in total. The lowest BCUT2D eigenvalue weighted by Crippen LogP contribution is -2.23. The SMILES string of the molecule is O=C1NC(=N[C@@H](CO)Cc2ccc(F)cc2)S/C1=C\c1ccc2ncccc2c1. The van der Waals surface area contributed by atoms with Crippen molar-refractivity contribution in [3.05, 3.63) is 82.6 Å². The van der Waals surface area contributed by atoms with Gasteiger partial charge in [0, 0.05) is 11.6 Å².